The molecular weight excluding hydrogens is 304 g/mol. The van der Waals surface area contributed by atoms with Gasteiger partial charge in [0, 0.05) is 18.8 Å². The molecule has 0 bridgehead atoms. The van der Waals surface area contributed by atoms with Gasteiger partial charge in [-0.2, -0.15) is 0 Å². The molecule has 1 amide bonds. The molecule has 1 fully saturated rings. The van der Waals surface area contributed by atoms with Gasteiger partial charge in [-0.05, 0) is 71.0 Å². The molecule has 0 spiro atoms. The molecule has 1 aliphatic rings. The average molecular weight is 334 g/mol. The molecule has 1 N–H and O–H groups in total. The first-order chi connectivity index (χ1) is 11.5. The van der Waals surface area contributed by atoms with Crippen molar-refractivity contribution in [3.8, 4) is 5.75 Å². The van der Waals surface area contributed by atoms with Crippen LogP contribution in [0.15, 0.2) is 24.3 Å². The molecule has 134 valence electrons. The summed E-state index contributed by atoms with van der Waals surface area (Å²) in [5.41, 5.74) is -0.0885. The van der Waals surface area contributed by atoms with E-state index in [1.807, 2.05) is 31.2 Å². The van der Waals surface area contributed by atoms with E-state index in [4.69, 9.17) is 9.47 Å². The van der Waals surface area contributed by atoms with Crippen molar-refractivity contribution in [1.29, 1.82) is 0 Å². The standard InChI is InChI=1S/C19H30N2O3/c1-4-24-19(2,3)18(22)20-16-8-10-17(11-9-16)23-15-14-21-12-6-5-7-13-21/h8-11H,4-7,12-15H2,1-3H3,(H,20,22). The lowest BCUT2D eigenvalue weighted by Crippen LogP contribution is -2.39. The van der Waals surface area contributed by atoms with E-state index in [2.05, 4.69) is 10.2 Å². The van der Waals surface area contributed by atoms with Gasteiger partial charge in [-0.3, -0.25) is 9.69 Å². The van der Waals surface area contributed by atoms with E-state index in [1.165, 1.54) is 32.4 Å². The summed E-state index contributed by atoms with van der Waals surface area (Å²) in [6, 6.07) is 7.49. The Morgan fingerprint density at radius 2 is 1.83 bits per heavy atom. The molecule has 1 heterocycles. The fourth-order valence-corrected chi connectivity index (χ4v) is 2.82. The zero-order chi connectivity index (χ0) is 17.4. The van der Waals surface area contributed by atoms with Crippen molar-refractivity contribution in [2.75, 3.05) is 38.2 Å². The molecule has 0 aromatic heterocycles. The average Bonchev–Trinajstić information content (AvgIpc) is 2.57. The number of carbonyl (C=O) groups excluding carboxylic acids is 1. The minimum absolute atomic E-state index is 0.150. The molecule has 1 saturated heterocycles. The summed E-state index contributed by atoms with van der Waals surface area (Å²) in [4.78, 5) is 14.6. The molecule has 0 atom stereocenters. The number of piperidine rings is 1. The Labute approximate surface area is 145 Å². The molecule has 0 saturated carbocycles. The summed E-state index contributed by atoms with van der Waals surface area (Å²) in [5.74, 6) is 0.678. The molecule has 5 nitrogen and oxygen atoms in total. The zero-order valence-corrected chi connectivity index (χ0v) is 15.1. The highest BCUT2D eigenvalue weighted by molar-refractivity contribution is 5.96. The maximum Gasteiger partial charge on any atom is 0.256 e. The van der Waals surface area contributed by atoms with Crippen LogP contribution in [0.3, 0.4) is 0 Å². The van der Waals surface area contributed by atoms with Crippen molar-refractivity contribution in [3.63, 3.8) is 0 Å². The largest absolute Gasteiger partial charge is 0.492 e. The fraction of sp³-hybridized carbons (Fsp3) is 0.632. The van der Waals surface area contributed by atoms with Crippen LogP contribution in [0.4, 0.5) is 5.69 Å². The van der Waals surface area contributed by atoms with E-state index >= 15 is 0 Å². The summed E-state index contributed by atoms with van der Waals surface area (Å²) in [6.45, 7) is 9.96. The van der Waals surface area contributed by atoms with Crippen molar-refractivity contribution in [3.05, 3.63) is 24.3 Å². The first-order valence-corrected chi connectivity index (χ1v) is 8.92. The van der Waals surface area contributed by atoms with Crippen LogP contribution in [0.25, 0.3) is 0 Å². The topological polar surface area (TPSA) is 50.8 Å². The lowest BCUT2D eigenvalue weighted by molar-refractivity contribution is -0.136. The number of rotatable bonds is 8. The Morgan fingerprint density at radius 3 is 2.46 bits per heavy atom. The highest BCUT2D eigenvalue weighted by Crippen LogP contribution is 2.18. The Bertz CT molecular complexity index is 508. The van der Waals surface area contributed by atoms with Gasteiger partial charge in [0.2, 0.25) is 0 Å². The van der Waals surface area contributed by atoms with Gasteiger partial charge in [-0.15, -0.1) is 0 Å². The molecular formula is C19H30N2O3. The third-order valence-electron chi connectivity index (χ3n) is 4.29. The zero-order valence-electron chi connectivity index (χ0n) is 15.1. The number of amides is 1. The van der Waals surface area contributed by atoms with Crippen LogP contribution < -0.4 is 10.1 Å². The lowest BCUT2D eigenvalue weighted by atomic mass is 10.1. The highest BCUT2D eigenvalue weighted by atomic mass is 16.5. The van der Waals surface area contributed by atoms with E-state index < -0.39 is 5.60 Å². The first kappa shape index (κ1) is 18.7. The predicted octanol–water partition coefficient (Wildman–Crippen LogP) is 3.30. The minimum Gasteiger partial charge on any atom is -0.492 e. The van der Waals surface area contributed by atoms with Crippen LogP contribution in [0.1, 0.15) is 40.0 Å². The molecule has 0 radical (unpaired) electrons. The van der Waals surface area contributed by atoms with E-state index in [9.17, 15) is 4.79 Å². The van der Waals surface area contributed by atoms with E-state index in [0.29, 0.717) is 13.2 Å². The van der Waals surface area contributed by atoms with Crippen LogP contribution in [0.5, 0.6) is 5.75 Å². The fourth-order valence-electron chi connectivity index (χ4n) is 2.82. The SMILES string of the molecule is CCOC(C)(C)C(=O)Nc1ccc(OCCN2CCCCC2)cc1. The number of anilines is 1. The van der Waals surface area contributed by atoms with Crippen molar-refractivity contribution < 1.29 is 14.3 Å². The van der Waals surface area contributed by atoms with Crippen LogP contribution in [0.2, 0.25) is 0 Å². The van der Waals surface area contributed by atoms with Gasteiger partial charge in [-0.25, -0.2) is 0 Å². The van der Waals surface area contributed by atoms with Gasteiger partial charge >= 0.3 is 0 Å². The van der Waals surface area contributed by atoms with Gasteiger partial charge < -0.3 is 14.8 Å². The Hall–Kier alpha value is -1.59. The normalized spacial score (nSPS) is 16.0. The smallest absolute Gasteiger partial charge is 0.256 e. The van der Waals surface area contributed by atoms with Crippen molar-refractivity contribution >= 4 is 11.6 Å². The van der Waals surface area contributed by atoms with Crippen LogP contribution in [-0.4, -0.2) is 49.3 Å². The van der Waals surface area contributed by atoms with Crippen LogP contribution >= 0.6 is 0 Å². The summed E-state index contributed by atoms with van der Waals surface area (Å²) >= 11 is 0. The third-order valence-corrected chi connectivity index (χ3v) is 4.29. The number of ether oxygens (including phenoxy) is 2. The maximum absolute atomic E-state index is 12.2. The molecule has 24 heavy (non-hydrogen) atoms. The maximum atomic E-state index is 12.2. The van der Waals surface area contributed by atoms with Gasteiger partial charge in [0.05, 0.1) is 0 Å². The monoisotopic (exact) mass is 334 g/mol. The Kier molecular flexibility index (Phi) is 7.06. The molecule has 1 aliphatic heterocycles. The van der Waals surface area contributed by atoms with Gasteiger partial charge in [0.1, 0.15) is 18.0 Å². The predicted molar refractivity (Wildman–Crippen MR) is 96.6 cm³/mol. The van der Waals surface area contributed by atoms with E-state index in [1.54, 1.807) is 13.8 Å². The Morgan fingerprint density at radius 1 is 1.17 bits per heavy atom. The molecule has 0 unspecified atom stereocenters. The van der Waals surface area contributed by atoms with Crippen LogP contribution in [0, 0.1) is 0 Å². The molecule has 1 aromatic carbocycles. The van der Waals surface area contributed by atoms with Crippen molar-refractivity contribution in [1.82, 2.24) is 4.90 Å². The summed E-state index contributed by atoms with van der Waals surface area (Å²) < 4.78 is 11.3. The number of hydrogen-bond acceptors (Lipinski definition) is 4. The quantitative estimate of drug-likeness (QED) is 0.792. The van der Waals surface area contributed by atoms with Crippen molar-refractivity contribution in [2.45, 2.75) is 45.6 Å². The Balaban J connectivity index is 1.76. The molecule has 5 heteroatoms. The minimum atomic E-state index is -0.835. The van der Waals surface area contributed by atoms with Crippen LogP contribution in [-0.2, 0) is 9.53 Å². The molecule has 1 aromatic rings. The second kappa shape index (κ2) is 9.04. The number of nitrogens with zero attached hydrogens (tertiary/aromatic N) is 1. The van der Waals surface area contributed by atoms with Gasteiger partial charge in [0.15, 0.2) is 0 Å². The third kappa shape index (κ3) is 5.80. The number of nitrogens with one attached hydrogen (secondary N) is 1. The first-order valence-electron chi connectivity index (χ1n) is 8.92. The number of carbonyl (C=O) groups is 1. The lowest BCUT2D eigenvalue weighted by Gasteiger charge is -2.26. The number of likely N-dealkylation sites (tertiary alicyclic amines) is 1. The highest BCUT2D eigenvalue weighted by Gasteiger charge is 2.27. The summed E-state index contributed by atoms with van der Waals surface area (Å²) in [5, 5.41) is 2.87. The van der Waals surface area contributed by atoms with Crippen molar-refractivity contribution in [2.24, 2.45) is 0 Å². The van der Waals surface area contributed by atoms with Gasteiger partial charge in [-0.1, -0.05) is 6.42 Å². The second-order valence-corrected chi connectivity index (χ2v) is 6.67. The van der Waals surface area contributed by atoms with Gasteiger partial charge in [0.25, 0.3) is 5.91 Å². The number of hydrogen-bond donors (Lipinski definition) is 1. The summed E-state index contributed by atoms with van der Waals surface area (Å²) in [7, 11) is 0. The second-order valence-electron chi connectivity index (χ2n) is 6.67. The molecule has 2 rings (SSSR count). The molecule has 0 aliphatic carbocycles. The summed E-state index contributed by atoms with van der Waals surface area (Å²) in [6.07, 6.45) is 3.95. The van der Waals surface area contributed by atoms with E-state index in [-0.39, 0.29) is 5.91 Å². The number of benzene rings is 1. The van der Waals surface area contributed by atoms with E-state index in [0.717, 1.165) is 18.0 Å².